The maximum absolute atomic E-state index is 5.99. The molecule has 3 nitrogen and oxygen atoms in total. The Balaban J connectivity index is 1.96. The Morgan fingerprint density at radius 2 is 1.86 bits per heavy atom. The Labute approximate surface area is 131 Å². The molecule has 2 N–H and O–H groups in total. The van der Waals surface area contributed by atoms with E-state index in [2.05, 4.69) is 48.0 Å². The number of rotatable bonds is 4. The summed E-state index contributed by atoms with van der Waals surface area (Å²) in [4.78, 5) is 0. The molecule has 1 aromatic heterocycles. The smallest absolute Gasteiger partial charge is 0.118 e. The monoisotopic (exact) mass is 294 g/mol. The van der Waals surface area contributed by atoms with Gasteiger partial charge < -0.3 is 15.0 Å². The molecule has 3 aromatic rings. The number of methoxy groups -OCH3 is 1. The quantitative estimate of drug-likeness (QED) is 0.789. The number of fused-ring (bicyclic) bond motifs is 1. The zero-order valence-electron chi connectivity index (χ0n) is 13.3. The van der Waals surface area contributed by atoms with Crippen LogP contribution in [0.25, 0.3) is 10.9 Å². The van der Waals surface area contributed by atoms with Gasteiger partial charge in [0.25, 0.3) is 0 Å². The molecule has 1 unspecified atom stereocenters. The second kappa shape index (κ2) is 5.85. The molecule has 0 spiro atoms. The van der Waals surface area contributed by atoms with Crippen molar-refractivity contribution in [2.75, 3.05) is 7.11 Å². The van der Waals surface area contributed by atoms with Crippen LogP contribution in [0.3, 0.4) is 0 Å². The van der Waals surface area contributed by atoms with Crippen molar-refractivity contribution in [2.45, 2.75) is 26.4 Å². The van der Waals surface area contributed by atoms with E-state index in [1.54, 1.807) is 7.11 Å². The molecule has 1 heterocycles. The second-order valence-corrected chi connectivity index (χ2v) is 5.85. The molecule has 2 aromatic carbocycles. The van der Waals surface area contributed by atoms with E-state index in [-0.39, 0.29) is 6.04 Å². The number of nitrogens with zero attached hydrogens (tertiary/aromatic N) is 1. The molecule has 3 heteroatoms. The van der Waals surface area contributed by atoms with Gasteiger partial charge in [0.15, 0.2) is 0 Å². The third-order valence-electron chi connectivity index (χ3n) is 4.14. The lowest BCUT2D eigenvalue weighted by Crippen LogP contribution is -2.04. The number of aromatic nitrogens is 1. The fraction of sp³-hybridized carbons (Fsp3) is 0.263. The van der Waals surface area contributed by atoms with Crippen LogP contribution in [0.4, 0.5) is 0 Å². The van der Waals surface area contributed by atoms with E-state index >= 15 is 0 Å². The molecule has 22 heavy (non-hydrogen) atoms. The van der Waals surface area contributed by atoms with Gasteiger partial charge in [0, 0.05) is 29.7 Å². The van der Waals surface area contributed by atoms with Gasteiger partial charge in [-0.3, -0.25) is 0 Å². The first-order valence-electron chi connectivity index (χ1n) is 7.56. The van der Waals surface area contributed by atoms with E-state index in [0.717, 1.165) is 12.3 Å². The first-order chi connectivity index (χ1) is 10.6. The number of hydrogen-bond donors (Lipinski definition) is 1. The minimum absolute atomic E-state index is 0.0636. The molecular weight excluding hydrogens is 272 g/mol. The van der Waals surface area contributed by atoms with Crippen molar-refractivity contribution in [1.29, 1.82) is 0 Å². The van der Waals surface area contributed by atoms with Crippen LogP contribution in [-0.4, -0.2) is 11.7 Å². The lowest BCUT2D eigenvalue weighted by atomic mass is 10.1. The highest BCUT2D eigenvalue weighted by Gasteiger charge is 2.08. The Hall–Kier alpha value is -2.26. The van der Waals surface area contributed by atoms with Crippen LogP contribution in [0.5, 0.6) is 5.75 Å². The highest BCUT2D eigenvalue weighted by Crippen LogP contribution is 2.25. The fourth-order valence-electron chi connectivity index (χ4n) is 2.83. The zero-order chi connectivity index (χ0) is 15.7. The van der Waals surface area contributed by atoms with E-state index in [1.807, 2.05) is 19.1 Å². The van der Waals surface area contributed by atoms with Gasteiger partial charge in [-0.05, 0) is 54.8 Å². The largest absolute Gasteiger partial charge is 0.497 e. The fourth-order valence-corrected chi connectivity index (χ4v) is 2.83. The summed E-state index contributed by atoms with van der Waals surface area (Å²) in [7, 11) is 1.69. The van der Waals surface area contributed by atoms with Gasteiger partial charge in [-0.2, -0.15) is 0 Å². The number of nitrogens with two attached hydrogens (primary N) is 1. The van der Waals surface area contributed by atoms with Gasteiger partial charge in [-0.1, -0.05) is 18.2 Å². The van der Waals surface area contributed by atoms with Gasteiger partial charge in [0.1, 0.15) is 5.75 Å². The molecule has 0 bridgehead atoms. The molecule has 0 aliphatic heterocycles. The lowest BCUT2D eigenvalue weighted by Gasteiger charge is -2.09. The average Bonchev–Trinajstić information content (AvgIpc) is 2.84. The third kappa shape index (κ3) is 2.72. The summed E-state index contributed by atoms with van der Waals surface area (Å²) in [6, 6.07) is 14.8. The Bertz CT molecular complexity index is 785. The van der Waals surface area contributed by atoms with Crippen molar-refractivity contribution in [3.63, 3.8) is 0 Å². The maximum atomic E-state index is 5.99. The molecule has 3 rings (SSSR count). The molecular formula is C19H22N2O. The highest BCUT2D eigenvalue weighted by molar-refractivity contribution is 5.84. The summed E-state index contributed by atoms with van der Waals surface area (Å²) in [5, 5.41) is 1.28. The first-order valence-corrected chi connectivity index (χ1v) is 7.56. The Morgan fingerprint density at radius 3 is 2.50 bits per heavy atom. The van der Waals surface area contributed by atoms with Crippen LogP contribution in [0.2, 0.25) is 0 Å². The minimum Gasteiger partial charge on any atom is -0.497 e. The second-order valence-electron chi connectivity index (χ2n) is 5.85. The molecule has 0 saturated carbocycles. The van der Waals surface area contributed by atoms with Gasteiger partial charge in [-0.15, -0.1) is 0 Å². The van der Waals surface area contributed by atoms with Gasteiger partial charge >= 0.3 is 0 Å². The summed E-state index contributed by atoms with van der Waals surface area (Å²) >= 11 is 0. The zero-order valence-corrected chi connectivity index (χ0v) is 13.3. The molecule has 0 amide bonds. The molecule has 0 aliphatic rings. The summed E-state index contributed by atoms with van der Waals surface area (Å²) in [6.07, 6.45) is 2.21. The van der Waals surface area contributed by atoms with E-state index in [9.17, 15) is 0 Å². The first kappa shape index (κ1) is 14.7. The van der Waals surface area contributed by atoms with E-state index in [4.69, 9.17) is 10.5 Å². The van der Waals surface area contributed by atoms with Crippen LogP contribution in [0.1, 0.15) is 29.7 Å². The molecule has 0 saturated heterocycles. The van der Waals surface area contributed by atoms with E-state index in [0.29, 0.717) is 0 Å². The van der Waals surface area contributed by atoms with Crippen LogP contribution >= 0.6 is 0 Å². The predicted molar refractivity (Wildman–Crippen MR) is 91.4 cm³/mol. The topological polar surface area (TPSA) is 40.2 Å². The summed E-state index contributed by atoms with van der Waals surface area (Å²) in [6.45, 7) is 5.02. The average molecular weight is 294 g/mol. The van der Waals surface area contributed by atoms with E-state index < -0.39 is 0 Å². The van der Waals surface area contributed by atoms with Crippen LogP contribution in [-0.2, 0) is 6.54 Å². The SMILES string of the molecule is COc1ccc(Cn2cc(C)c3cc(C(C)N)ccc32)cc1. The minimum atomic E-state index is 0.0636. The molecule has 0 radical (unpaired) electrons. The summed E-state index contributed by atoms with van der Waals surface area (Å²) in [5.74, 6) is 0.888. The van der Waals surface area contributed by atoms with Gasteiger partial charge in [-0.25, -0.2) is 0 Å². The number of hydrogen-bond acceptors (Lipinski definition) is 2. The van der Waals surface area contributed by atoms with Crippen molar-refractivity contribution in [3.8, 4) is 5.75 Å². The van der Waals surface area contributed by atoms with Crippen molar-refractivity contribution in [1.82, 2.24) is 4.57 Å². The van der Waals surface area contributed by atoms with Gasteiger partial charge in [0.05, 0.1) is 7.11 Å². The summed E-state index contributed by atoms with van der Waals surface area (Å²) < 4.78 is 7.50. The number of ether oxygens (including phenoxy) is 1. The predicted octanol–water partition coefficient (Wildman–Crippen LogP) is 4.03. The third-order valence-corrected chi connectivity index (χ3v) is 4.14. The van der Waals surface area contributed by atoms with Crippen LogP contribution in [0.15, 0.2) is 48.7 Å². The van der Waals surface area contributed by atoms with Crippen molar-refractivity contribution >= 4 is 10.9 Å². The van der Waals surface area contributed by atoms with E-state index in [1.165, 1.54) is 27.6 Å². The number of benzene rings is 2. The van der Waals surface area contributed by atoms with Crippen LogP contribution in [0, 0.1) is 6.92 Å². The molecule has 0 fully saturated rings. The summed E-state index contributed by atoms with van der Waals surface area (Å²) in [5.41, 5.74) is 11.0. The standard InChI is InChI=1S/C19H22N2O/c1-13-11-21(12-15-4-7-17(22-3)8-5-15)19-9-6-16(14(2)20)10-18(13)19/h4-11,14H,12,20H2,1-3H3. The molecule has 0 aliphatic carbocycles. The van der Waals surface area contributed by atoms with Crippen molar-refractivity contribution in [3.05, 3.63) is 65.4 Å². The van der Waals surface area contributed by atoms with Crippen molar-refractivity contribution in [2.24, 2.45) is 5.73 Å². The van der Waals surface area contributed by atoms with Gasteiger partial charge in [0.2, 0.25) is 0 Å². The molecule has 114 valence electrons. The maximum Gasteiger partial charge on any atom is 0.118 e. The normalized spacial score (nSPS) is 12.5. The van der Waals surface area contributed by atoms with Crippen LogP contribution < -0.4 is 10.5 Å². The highest BCUT2D eigenvalue weighted by atomic mass is 16.5. The molecule has 1 atom stereocenters. The van der Waals surface area contributed by atoms with Crippen molar-refractivity contribution < 1.29 is 4.74 Å². The Morgan fingerprint density at radius 1 is 1.14 bits per heavy atom. The Kier molecular flexibility index (Phi) is 3.90. The lowest BCUT2D eigenvalue weighted by molar-refractivity contribution is 0.414. The number of aryl methyl sites for hydroxylation is 1.